The molecule has 0 radical (unpaired) electrons. The number of hydrogen-bond acceptors (Lipinski definition) is 2. The molecule has 0 saturated carbocycles. The molecule has 0 bridgehead atoms. The molecule has 3 heteroatoms. The Labute approximate surface area is 94.0 Å². The van der Waals surface area contributed by atoms with Gasteiger partial charge in [0.15, 0.2) is 0 Å². The summed E-state index contributed by atoms with van der Waals surface area (Å²) in [6, 6.07) is 8.24. The van der Waals surface area contributed by atoms with E-state index in [1.807, 2.05) is 19.1 Å². The molecule has 84 valence electrons. The summed E-state index contributed by atoms with van der Waals surface area (Å²) in [7, 11) is 0. The summed E-state index contributed by atoms with van der Waals surface area (Å²) >= 11 is 0. The van der Waals surface area contributed by atoms with E-state index in [9.17, 15) is 5.11 Å². The molecule has 0 amide bonds. The summed E-state index contributed by atoms with van der Waals surface area (Å²) in [6.07, 6.45) is 0.912. The predicted molar refractivity (Wildman–Crippen MR) is 62.4 cm³/mol. The van der Waals surface area contributed by atoms with Crippen LogP contribution in [-0.2, 0) is 16.8 Å². The van der Waals surface area contributed by atoms with E-state index in [-0.39, 0.29) is 6.61 Å². The van der Waals surface area contributed by atoms with Gasteiger partial charge < -0.3 is 14.8 Å². The first-order chi connectivity index (χ1) is 7.74. The molecule has 0 aliphatic carbocycles. The summed E-state index contributed by atoms with van der Waals surface area (Å²) in [5.41, 5.74) is 2.87. The smallest absolute Gasteiger partial charge is 0.128 e. The van der Waals surface area contributed by atoms with E-state index >= 15 is 0 Å². The lowest BCUT2D eigenvalue weighted by Gasteiger charge is -2.32. The van der Waals surface area contributed by atoms with Crippen LogP contribution in [0.1, 0.15) is 18.2 Å². The third-order valence-electron chi connectivity index (χ3n) is 3.42. The molecule has 2 N–H and O–H groups in total. The minimum atomic E-state index is -0.577. The lowest BCUT2D eigenvalue weighted by atomic mass is 9.94. The zero-order valence-corrected chi connectivity index (χ0v) is 9.29. The molecule has 2 aromatic rings. The molecule has 1 aromatic carbocycles. The minimum Gasteiger partial charge on any atom is -0.393 e. The second-order valence-corrected chi connectivity index (χ2v) is 4.51. The molecule has 1 aliphatic heterocycles. The normalized spacial score (nSPS) is 24.6. The van der Waals surface area contributed by atoms with Crippen LogP contribution in [0.25, 0.3) is 10.9 Å². The van der Waals surface area contributed by atoms with Gasteiger partial charge in [-0.2, -0.15) is 0 Å². The van der Waals surface area contributed by atoms with Gasteiger partial charge in [-0.3, -0.25) is 0 Å². The topological polar surface area (TPSA) is 45.2 Å². The zero-order valence-electron chi connectivity index (χ0n) is 9.29. The van der Waals surface area contributed by atoms with Gasteiger partial charge in [0, 0.05) is 10.9 Å². The number of hydrogen-bond donors (Lipinski definition) is 2. The third kappa shape index (κ3) is 1.22. The fourth-order valence-electron chi connectivity index (χ4n) is 2.49. The van der Waals surface area contributed by atoms with Gasteiger partial charge in [0.25, 0.3) is 0 Å². The molecular formula is C13H15NO2. The summed E-state index contributed by atoms with van der Waals surface area (Å²) in [4.78, 5) is 3.37. The van der Waals surface area contributed by atoms with Crippen molar-refractivity contribution in [3.05, 3.63) is 35.5 Å². The van der Waals surface area contributed by atoms with Gasteiger partial charge in [-0.1, -0.05) is 18.2 Å². The van der Waals surface area contributed by atoms with Gasteiger partial charge in [0.05, 0.1) is 18.9 Å². The maximum atomic E-state index is 9.48. The Kier molecular flexibility index (Phi) is 2.06. The van der Waals surface area contributed by atoms with Gasteiger partial charge in [0.1, 0.15) is 5.60 Å². The van der Waals surface area contributed by atoms with Crippen LogP contribution in [0.5, 0.6) is 0 Å². The Hall–Kier alpha value is -1.32. The number of aromatic nitrogens is 1. The maximum absolute atomic E-state index is 9.48. The van der Waals surface area contributed by atoms with Crippen molar-refractivity contribution < 1.29 is 9.84 Å². The van der Waals surface area contributed by atoms with Gasteiger partial charge in [-0.05, 0) is 25.0 Å². The first kappa shape index (κ1) is 9.87. The third-order valence-corrected chi connectivity index (χ3v) is 3.42. The maximum Gasteiger partial charge on any atom is 0.128 e. The number of fused-ring (bicyclic) bond motifs is 3. The average Bonchev–Trinajstić information content (AvgIpc) is 2.70. The molecule has 1 aliphatic rings. The first-order valence-corrected chi connectivity index (χ1v) is 5.59. The summed E-state index contributed by atoms with van der Waals surface area (Å²) < 4.78 is 5.69. The van der Waals surface area contributed by atoms with Crippen LogP contribution in [-0.4, -0.2) is 23.3 Å². The minimum absolute atomic E-state index is 0.00677. The quantitative estimate of drug-likeness (QED) is 0.766. The number of H-pyrrole nitrogens is 1. The summed E-state index contributed by atoms with van der Waals surface area (Å²) in [5.74, 6) is 0. The molecular weight excluding hydrogens is 202 g/mol. The largest absolute Gasteiger partial charge is 0.393 e. The molecule has 0 unspecified atom stereocenters. The fourth-order valence-corrected chi connectivity index (χ4v) is 2.49. The van der Waals surface area contributed by atoms with Crippen molar-refractivity contribution in [3.63, 3.8) is 0 Å². The Morgan fingerprint density at radius 1 is 1.44 bits per heavy atom. The number of ether oxygens (including phenoxy) is 1. The van der Waals surface area contributed by atoms with E-state index in [1.54, 1.807) is 0 Å². The van der Waals surface area contributed by atoms with Crippen molar-refractivity contribution in [3.8, 4) is 0 Å². The van der Waals surface area contributed by atoms with Crippen molar-refractivity contribution in [2.75, 3.05) is 13.2 Å². The van der Waals surface area contributed by atoms with E-state index in [0.717, 1.165) is 17.6 Å². The lowest BCUT2D eigenvalue weighted by Crippen LogP contribution is -2.36. The van der Waals surface area contributed by atoms with Crippen molar-refractivity contribution in [2.45, 2.75) is 18.9 Å². The summed E-state index contributed by atoms with van der Waals surface area (Å²) in [6.45, 7) is 2.61. The molecule has 0 spiro atoms. The van der Waals surface area contributed by atoms with Crippen LogP contribution in [0.4, 0.5) is 0 Å². The number of para-hydroxylation sites is 1. The highest BCUT2D eigenvalue weighted by Gasteiger charge is 2.35. The first-order valence-electron chi connectivity index (χ1n) is 5.59. The number of aromatic amines is 1. The van der Waals surface area contributed by atoms with E-state index in [1.165, 1.54) is 10.9 Å². The number of rotatable bonds is 1. The van der Waals surface area contributed by atoms with E-state index in [4.69, 9.17) is 4.74 Å². The van der Waals surface area contributed by atoms with Crippen LogP contribution in [0.15, 0.2) is 24.3 Å². The second-order valence-electron chi connectivity index (χ2n) is 4.51. The van der Waals surface area contributed by atoms with Gasteiger partial charge in [0.2, 0.25) is 0 Å². The van der Waals surface area contributed by atoms with Crippen molar-refractivity contribution in [1.29, 1.82) is 0 Å². The molecule has 2 heterocycles. The standard InChI is InChI=1S/C13H15NO2/c1-13(8-15)12-10(6-7-16-13)9-4-2-3-5-11(9)14-12/h2-5,14-15H,6-8H2,1H3/t13-/m0/s1. The van der Waals surface area contributed by atoms with Crippen molar-refractivity contribution in [1.82, 2.24) is 4.98 Å². The molecule has 1 atom stereocenters. The molecule has 16 heavy (non-hydrogen) atoms. The Balaban J connectivity index is 2.29. The van der Waals surface area contributed by atoms with Gasteiger partial charge >= 0.3 is 0 Å². The summed E-state index contributed by atoms with van der Waals surface area (Å²) in [5, 5.41) is 10.7. The SMILES string of the molecule is C[C@@]1(CO)OCCc2c1[nH]c1ccccc21. The van der Waals surface area contributed by atoms with Crippen LogP contribution >= 0.6 is 0 Å². The number of nitrogens with one attached hydrogen (secondary N) is 1. The van der Waals surface area contributed by atoms with Crippen LogP contribution in [0, 0.1) is 0 Å². The van der Waals surface area contributed by atoms with E-state index in [0.29, 0.717) is 6.61 Å². The second kappa shape index (κ2) is 3.34. The number of aliphatic hydroxyl groups excluding tert-OH is 1. The highest BCUT2D eigenvalue weighted by atomic mass is 16.5. The Morgan fingerprint density at radius 3 is 3.06 bits per heavy atom. The Bertz CT molecular complexity index is 532. The number of benzene rings is 1. The number of aliphatic hydroxyl groups is 1. The molecule has 3 rings (SSSR count). The predicted octanol–water partition coefficient (Wildman–Crippen LogP) is 1.95. The monoisotopic (exact) mass is 217 g/mol. The highest BCUT2D eigenvalue weighted by molar-refractivity contribution is 5.85. The highest BCUT2D eigenvalue weighted by Crippen LogP contribution is 2.36. The van der Waals surface area contributed by atoms with Crippen LogP contribution < -0.4 is 0 Å². The molecule has 1 aromatic heterocycles. The van der Waals surface area contributed by atoms with E-state index in [2.05, 4.69) is 17.1 Å². The average molecular weight is 217 g/mol. The van der Waals surface area contributed by atoms with Crippen LogP contribution in [0.3, 0.4) is 0 Å². The Morgan fingerprint density at radius 2 is 2.25 bits per heavy atom. The van der Waals surface area contributed by atoms with Crippen LogP contribution in [0.2, 0.25) is 0 Å². The van der Waals surface area contributed by atoms with E-state index < -0.39 is 5.60 Å². The zero-order chi connectivity index (χ0) is 11.2. The van der Waals surface area contributed by atoms with Gasteiger partial charge in [-0.25, -0.2) is 0 Å². The molecule has 3 nitrogen and oxygen atoms in total. The molecule has 0 saturated heterocycles. The van der Waals surface area contributed by atoms with Crippen molar-refractivity contribution >= 4 is 10.9 Å². The van der Waals surface area contributed by atoms with Gasteiger partial charge in [-0.15, -0.1) is 0 Å². The van der Waals surface area contributed by atoms with Crippen molar-refractivity contribution in [2.24, 2.45) is 0 Å². The fraction of sp³-hybridized carbons (Fsp3) is 0.385. The lowest BCUT2D eigenvalue weighted by molar-refractivity contribution is -0.0825. The molecule has 0 fully saturated rings.